The van der Waals surface area contributed by atoms with Crippen molar-refractivity contribution >= 4 is 29.1 Å². The smallest absolute Gasteiger partial charge is 0.239 e. The minimum Gasteiger partial charge on any atom is -0.454 e. The molecule has 2 N–H and O–H groups in total. The number of hydrogen-bond acceptors (Lipinski definition) is 4. The number of benzene rings is 2. The Hall–Kier alpha value is -2.73. The number of halogens is 1. The van der Waals surface area contributed by atoms with E-state index in [9.17, 15) is 9.59 Å². The second kappa shape index (κ2) is 7.88. The van der Waals surface area contributed by atoms with Gasteiger partial charge in [-0.1, -0.05) is 23.7 Å². The third kappa shape index (κ3) is 4.52. The zero-order valence-electron chi connectivity index (χ0n) is 15.2. The highest BCUT2D eigenvalue weighted by Gasteiger charge is 2.36. The zero-order valence-corrected chi connectivity index (χ0v) is 15.9. The van der Waals surface area contributed by atoms with E-state index in [0.29, 0.717) is 35.2 Å². The van der Waals surface area contributed by atoms with Crippen LogP contribution in [0.1, 0.15) is 19.4 Å². The highest BCUT2D eigenvalue weighted by atomic mass is 35.5. The van der Waals surface area contributed by atoms with E-state index >= 15 is 0 Å². The molecule has 0 aliphatic carbocycles. The Balaban J connectivity index is 1.55. The van der Waals surface area contributed by atoms with Gasteiger partial charge in [0.25, 0.3) is 0 Å². The molecule has 2 amide bonds. The third-order valence-electron chi connectivity index (χ3n) is 4.35. The van der Waals surface area contributed by atoms with Crippen LogP contribution < -0.4 is 20.1 Å². The maximum absolute atomic E-state index is 12.6. The van der Waals surface area contributed by atoms with Gasteiger partial charge < -0.3 is 20.1 Å². The third-order valence-corrected chi connectivity index (χ3v) is 4.59. The van der Waals surface area contributed by atoms with Gasteiger partial charge in [-0.25, -0.2) is 0 Å². The summed E-state index contributed by atoms with van der Waals surface area (Å²) >= 11 is 5.96. The molecule has 0 radical (unpaired) electrons. The molecule has 0 saturated carbocycles. The Morgan fingerprint density at radius 2 is 1.85 bits per heavy atom. The Morgan fingerprint density at radius 3 is 2.63 bits per heavy atom. The molecule has 6 nitrogen and oxygen atoms in total. The number of ether oxygens (including phenoxy) is 2. The first kappa shape index (κ1) is 19.0. The van der Waals surface area contributed by atoms with Crippen molar-refractivity contribution < 1.29 is 19.1 Å². The van der Waals surface area contributed by atoms with Crippen molar-refractivity contribution in [2.45, 2.75) is 20.3 Å². The average molecular weight is 389 g/mol. The standard InChI is InChI=1S/C20H21ClN2O4/c1-20(2,18(24)22-9-8-13-4-3-5-14(21)10-13)19(25)23-15-6-7-16-17(11-15)27-12-26-16/h3-7,10-11H,8-9,12H2,1-2H3,(H,22,24)(H,23,25). The summed E-state index contributed by atoms with van der Waals surface area (Å²) in [7, 11) is 0. The van der Waals surface area contributed by atoms with Gasteiger partial charge in [0.05, 0.1) is 0 Å². The summed E-state index contributed by atoms with van der Waals surface area (Å²) in [6.07, 6.45) is 0.631. The summed E-state index contributed by atoms with van der Waals surface area (Å²) in [6.45, 7) is 3.75. The van der Waals surface area contributed by atoms with Crippen LogP contribution in [0.15, 0.2) is 42.5 Å². The van der Waals surface area contributed by atoms with Gasteiger partial charge in [-0.3, -0.25) is 9.59 Å². The number of carbonyl (C=O) groups is 2. The van der Waals surface area contributed by atoms with E-state index in [-0.39, 0.29) is 12.7 Å². The highest BCUT2D eigenvalue weighted by molar-refractivity contribution is 6.30. The molecule has 2 aromatic carbocycles. The van der Waals surface area contributed by atoms with Crippen LogP contribution in [0.2, 0.25) is 5.02 Å². The molecule has 0 saturated heterocycles. The molecule has 1 aliphatic heterocycles. The van der Waals surface area contributed by atoms with Gasteiger partial charge in [0.1, 0.15) is 5.41 Å². The Kier molecular flexibility index (Phi) is 5.56. The Morgan fingerprint density at radius 1 is 1.07 bits per heavy atom. The number of anilines is 1. The fourth-order valence-corrected chi connectivity index (χ4v) is 2.81. The van der Waals surface area contributed by atoms with Crippen molar-refractivity contribution in [2.75, 3.05) is 18.7 Å². The fourth-order valence-electron chi connectivity index (χ4n) is 2.60. The zero-order chi connectivity index (χ0) is 19.4. The lowest BCUT2D eigenvalue weighted by atomic mass is 9.90. The monoisotopic (exact) mass is 388 g/mol. The number of nitrogens with one attached hydrogen (secondary N) is 2. The van der Waals surface area contributed by atoms with Crippen molar-refractivity contribution in [1.29, 1.82) is 0 Å². The lowest BCUT2D eigenvalue weighted by Gasteiger charge is -2.23. The quantitative estimate of drug-likeness (QED) is 0.743. The van der Waals surface area contributed by atoms with Crippen LogP contribution in [-0.2, 0) is 16.0 Å². The molecule has 1 heterocycles. The molecule has 142 valence electrons. The molecular formula is C20H21ClN2O4. The molecule has 0 atom stereocenters. The van der Waals surface area contributed by atoms with Crippen molar-refractivity contribution in [2.24, 2.45) is 5.41 Å². The van der Waals surface area contributed by atoms with Gasteiger partial charge in [-0.2, -0.15) is 0 Å². The predicted molar refractivity (Wildman–Crippen MR) is 103 cm³/mol. The molecule has 0 spiro atoms. The number of amides is 2. The summed E-state index contributed by atoms with van der Waals surface area (Å²) in [4.78, 5) is 25.1. The van der Waals surface area contributed by atoms with Gasteiger partial charge in [0, 0.05) is 23.3 Å². The van der Waals surface area contributed by atoms with E-state index in [1.807, 2.05) is 18.2 Å². The molecule has 3 rings (SSSR count). The number of hydrogen-bond donors (Lipinski definition) is 2. The van der Waals surface area contributed by atoms with E-state index < -0.39 is 11.3 Å². The average Bonchev–Trinajstić information content (AvgIpc) is 3.09. The second-order valence-corrected chi connectivity index (χ2v) is 7.22. The van der Waals surface area contributed by atoms with E-state index in [4.69, 9.17) is 21.1 Å². The topological polar surface area (TPSA) is 76.7 Å². The molecule has 0 fully saturated rings. The van der Waals surface area contributed by atoms with Crippen molar-refractivity contribution in [1.82, 2.24) is 5.32 Å². The summed E-state index contributed by atoms with van der Waals surface area (Å²) < 4.78 is 10.5. The van der Waals surface area contributed by atoms with Crippen LogP contribution in [0.5, 0.6) is 11.5 Å². The SMILES string of the molecule is CC(C)(C(=O)NCCc1cccc(Cl)c1)C(=O)Nc1ccc2c(c1)OCO2. The van der Waals surface area contributed by atoms with Gasteiger partial charge in [-0.15, -0.1) is 0 Å². The van der Waals surface area contributed by atoms with Gasteiger partial charge in [-0.05, 0) is 50.1 Å². The number of rotatable bonds is 6. The molecule has 0 unspecified atom stereocenters. The Bertz CT molecular complexity index is 867. The van der Waals surface area contributed by atoms with Crippen molar-refractivity contribution in [3.63, 3.8) is 0 Å². The highest BCUT2D eigenvalue weighted by Crippen LogP contribution is 2.34. The van der Waals surface area contributed by atoms with Crippen LogP contribution in [-0.4, -0.2) is 25.2 Å². The molecule has 7 heteroatoms. The largest absolute Gasteiger partial charge is 0.454 e. The minimum atomic E-state index is -1.23. The van der Waals surface area contributed by atoms with Gasteiger partial charge >= 0.3 is 0 Å². The maximum atomic E-state index is 12.6. The maximum Gasteiger partial charge on any atom is 0.239 e. The first-order valence-corrected chi connectivity index (χ1v) is 8.98. The summed E-state index contributed by atoms with van der Waals surface area (Å²) in [5.74, 6) is 0.451. The lowest BCUT2D eigenvalue weighted by Crippen LogP contribution is -2.45. The summed E-state index contributed by atoms with van der Waals surface area (Å²) in [5.41, 5.74) is 0.333. The fraction of sp³-hybridized carbons (Fsp3) is 0.300. The second-order valence-electron chi connectivity index (χ2n) is 6.78. The van der Waals surface area contributed by atoms with E-state index in [1.54, 1.807) is 38.1 Å². The lowest BCUT2D eigenvalue weighted by molar-refractivity contribution is -0.138. The van der Waals surface area contributed by atoms with Gasteiger partial charge in [0.2, 0.25) is 18.6 Å². The van der Waals surface area contributed by atoms with E-state index in [1.165, 1.54) is 0 Å². The molecular weight excluding hydrogens is 368 g/mol. The Labute approximate surface area is 162 Å². The number of fused-ring (bicyclic) bond motifs is 1. The summed E-state index contributed by atoms with van der Waals surface area (Å²) in [6, 6.07) is 12.6. The van der Waals surface area contributed by atoms with Gasteiger partial charge in [0.15, 0.2) is 11.5 Å². The van der Waals surface area contributed by atoms with E-state index in [0.717, 1.165) is 5.56 Å². The minimum absolute atomic E-state index is 0.160. The van der Waals surface area contributed by atoms with E-state index in [2.05, 4.69) is 10.6 Å². The van der Waals surface area contributed by atoms with Crippen LogP contribution in [0.4, 0.5) is 5.69 Å². The van der Waals surface area contributed by atoms with Crippen LogP contribution >= 0.6 is 11.6 Å². The molecule has 1 aliphatic rings. The van der Waals surface area contributed by atoms with Crippen molar-refractivity contribution in [3.8, 4) is 11.5 Å². The first-order valence-electron chi connectivity index (χ1n) is 8.60. The number of carbonyl (C=O) groups excluding carboxylic acids is 2. The molecule has 0 aromatic heterocycles. The van der Waals surface area contributed by atoms with Crippen LogP contribution in [0.25, 0.3) is 0 Å². The van der Waals surface area contributed by atoms with Crippen molar-refractivity contribution in [3.05, 3.63) is 53.1 Å². The summed E-state index contributed by atoms with van der Waals surface area (Å²) in [5, 5.41) is 6.22. The van der Waals surface area contributed by atoms with Crippen LogP contribution in [0.3, 0.4) is 0 Å². The molecule has 0 bridgehead atoms. The molecule has 2 aromatic rings. The predicted octanol–water partition coefficient (Wildman–Crippen LogP) is 3.39. The molecule has 27 heavy (non-hydrogen) atoms. The first-order chi connectivity index (χ1) is 12.9. The normalized spacial score (nSPS) is 12.6. The van der Waals surface area contributed by atoms with Crippen LogP contribution in [0, 0.1) is 5.41 Å².